The summed E-state index contributed by atoms with van der Waals surface area (Å²) in [5, 5.41) is 83.5. The molecule has 0 spiro atoms. The molecule has 380 valence electrons. The number of nitrogens with zero attached hydrogens (tertiary/aromatic N) is 20. The van der Waals surface area contributed by atoms with Crippen molar-refractivity contribution in [2.75, 3.05) is 34.4 Å². The monoisotopic (exact) mass is 992 g/mol. The third-order valence-corrected chi connectivity index (χ3v) is 13.1. The second-order valence-electron chi connectivity index (χ2n) is 18.2. The fourth-order valence-electron chi connectivity index (χ4n) is 9.34. The summed E-state index contributed by atoms with van der Waals surface area (Å²) in [4.78, 5) is 40.5. The molecule has 0 aromatic carbocycles. The smallest absolute Gasteiger partial charge is 0.226 e. The number of rotatable bonds is 18. The first kappa shape index (κ1) is 47.0. The Labute approximate surface area is 409 Å². The molecule has 8 aromatic rings. The SMILES string of the molecule is CCn1nnc([C@H]2O[C@@H](n3cnc4c(N[C@H]5CC[C@H](Nc6nc(NCCc7cn(C)cn7)nc7c6ncn7[C@@H]6O[C@H](c7nnn(CC)n7)[C@@H](O)[C@H]6O)CC5)nc(NCCc5cn(C)cn5)nc43)[C@H](O)[C@@H]2O)n1. The maximum Gasteiger partial charge on any atom is 0.226 e. The fourth-order valence-corrected chi connectivity index (χ4v) is 9.34. The van der Waals surface area contributed by atoms with Gasteiger partial charge in [0, 0.05) is 64.5 Å². The van der Waals surface area contributed by atoms with Gasteiger partial charge in [0.25, 0.3) is 0 Å². The second-order valence-corrected chi connectivity index (χ2v) is 18.2. The molecule has 11 rings (SSSR count). The van der Waals surface area contributed by atoms with Gasteiger partial charge in [0.05, 0.1) is 49.8 Å². The highest BCUT2D eigenvalue weighted by Crippen LogP contribution is 2.41. The number of fused-ring (bicyclic) bond motifs is 2. The molecule has 10 heterocycles. The molecule has 72 heavy (non-hydrogen) atoms. The molecule has 8 atom stereocenters. The zero-order valence-corrected chi connectivity index (χ0v) is 39.9. The van der Waals surface area contributed by atoms with Gasteiger partial charge in [-0.1, -0.05) is 0 Å². The quantitative estimate of drug-likeness (QED) is 0.0541. The van der Waals surface area contributed by atoms with E-state index in [0.29, 0.717) is 84.9 Å². The first-order chi connectivity index (χ1) is 35.0. The van der Waals surface area contributed by atoms with E-state index in [1.807, 2.05) is 49.5 Å². The molecule has 8 N–H and O–H groups in total. The van der Waals surface area contributed by atoms with Crippen LogP contribution in [-0.4, -0.2) is 169 Å². The summed E-state index contributed by atoms with van der Waals surface area (Å²) >= 11 is 0. The molecule has 8 aromatic heterocycles. The third kappa shape index (κ3) is 9.22. The highest BCUT2D eigenvalue weighted by molar-refractivity contribution is 5.85. The predicted molar refractivity (Wildman–Crippen MR) is 251 cm³/mol. The first-order valence-corrected chi connectivity index (χ1v) is 24.0. The Morgan fingerprint density at radius 1 is 0.569 bits per heavy atom. The van der Waals surface area contributed by atoms with Gasteiger partial charge in [-0.2, -0.15) is 29.5 Å². The van der Waals surface area contributed by atoms with Crippen molar-refractivity contribution >= 4 is 45.9 Å². The van der Waals surface area contributed by atoms with Crippen LogP contribution in [0.3, 0.4) is 0 Å². The molecular formula is C42H56N24O6. The molecule has 0 radical (unpaired) electrons. The summed E-state index contributed by atoms with van der Waals surface area (Å²) in [5.74, 6) is 1.95. The molecule has 1 aliphatic carbocycles. The van der Waals surface area contributed by atoms with Gasteiger partial charge in [-0.15, -0.1) is 20.4 Å². The highest BCUT2D eigenvalue weighted by atomic mass is 16.6. The van der Waals surface area contributed by atoms with Crippen molar-refractivity contribution in [2.24, 2.45) is 14.1 Å². The van der Waals surface area contributed by atoms with Crippen LogP contribution in [0.15, 0.2) is 37.7 Å². The summed E-state index contributed by atoms with van der Waals surface area (Å²) in [6.07, 6.45) is 5.02. The Balaban J connectivity index is 0.821. The summed E-state index contributed by atoms with van der Waals surface area (Å²) < 4.78 is 19.4. The number of nitrogens with one attached hydrogen (secondary N) is 4. The van der Waals surface area contributed by atoms with E-state index in [0.717, 1.165) is 37.1 Å². The van der Waals surface area contributed by atoms with Crippen molar-refractivity contribution in [2.45, 2.75) is 127 Å². The zero-order chi connectivity index (χ0) is 49.6. The van der Waals surface area contributed by atoms with E-state index < -0.39 is 49.1 Å². The predicted octanol–water partition coefficient (Wildman–Crippen LogP) is -0.426. The Bertz CT molecular complexity index is 2930. The van der Waals surface area contributed by atoms with Crippen LogP contribution < -0.4 is 21.3 Å². The van der Waals surface area contributed by atoms with Gasteiger partial charge in [-0.3, -0.25) is 9.13 Å². The van der Waals surface area contributed by atoms with Crippen LogP contribution in [-0.2, 0) is 49.5 Å². The van der Waals surface area contributed by atoms with Gasteiger partial charge < -0.3 is 60.3 Å². The largest absolute Gasteiger partial charge is 0.387 e. The Hall–Kier alpha value is -7.38. The van der Waals surface area contributed by atoms with Crippen molar-refractivity contribution in [1.82, 2.24) is 98.6 Å². The number of anilines is 4. The van der Waals surface area contributed by atoms with E-state index in [-0.39, 0.29) is 23.7 Å². The van der Waals surface area contributed by atoms with Gasteiger partial charge in [-0.25, -0.2) is 19.9 Å². The van der Waals surface area contributed by atoms with Gasteiger partial charge in [-0.05, 0) is 50.0 Å². The van der Waals surface area contributed by atoms with E-state index in [1.165, 1.54) is 22.2 Å². The lowest BCUT2D eigenvalue weighted by atomic mass is 9.91. The van der Waals surface area contributed by atoms with Crippen LogP contribution in [0, 0.1) is 0 Å². The topological polar surface area (TPSA) is 358 Å². The molecule has 0 bridgehead atoms. The zero-order valence-electron chi connectivity index (χ0n) is 39.9. The minimum Gasteiger partial charge on any atom is -0.387 e. The molecule has 3 fully saturated rings. The lowest BCUT2D eigenvalue weighted by molar-refractivity contribution is -0.0384. The Morgan fingerprint density at radius 2 is 1.00 bits per heavy atom. The average molecular weight is 993 g/mol. The molecule has 30 heteroatoms. The number of tetrazole rings is 2. The molecular weight excluding hydrogens is 937 g/mol. The minimum atomic E-state index is -1.36. The van der Waals surface area contributed by atoms with Crippen LogP contribution >= 0.6 is 0 Å². The van der Waals surface area contributed by atoms with Gasteiger partial charge in [0.1, 0.15) is 24.4 Å². The number of hydrogen-bond donors (Lipinski definition) is 8. The normalized spacial score (nSPS) is 25.5. The van der Waals surface area contributed by atoms with Crippen LogP contribution in [0.4, 0.5) is 23.5 Å². The van der Waals surface area contributed by atoms with E-state index in [9.17, 15) is 20.4 Å². The molecule has 0 amide bonds. The summed E-state index contributed by atoms with van der Waals surface area (Å²) in [5.41, 5.74) is 3.47. The average Bonchev–Trinajstić information content (AvgIpc) is 4.26. The number of ether oxygens (including phenoxy) is 2. The number of aromatic nitrogens is 20. The van der Waals surface area contributed by atoms with Gasteiger partial charge >= 0.3 is 0 Å². The highest BCUT2D eigenvalue weighted by Gasteiger charge is 2.48. The van der Waals surface area contributed by atoms with E-state index in [4.69, 9.17) is 39.4 Å². The van der Waals surface area contributed by atoms with Crippen LogP contribution in [0.25, 0.3) is 22.3 Å². The first-order valence-electron chi connectivity index (χ1n) is 24.0. The second kappa shape index (κ2) is 19.7. The van der Waals surface area contributed by atoms with Gasteiger partial charge in [0.2, 0.25) is 23.5 Å². The molecule has 2 aliphatic heterocycles. The van der Waals surface area contributed by atoms with E-state index >= 15 is 0 Å². The Kier molecular flexibility index (Phi) is 12.8. The minimum absolute atomic E-state index is 0.0123. The summed E-state index contributed by atoms with van der Waals surface area (Å²) in [7, 11) is 3.83. The molecule has 3 aliphatic rings. The van der Waals surface area contributed by atoms with E-state index in [1.54, 1.807) is 21.8 Å². The summed E-state index contributed by atoms with van der Waals surface area (Å²) in [6.45, 7) is 5.65. The van der Waals surface area contributed by atoms with Crippen LogP contribution in [0.2, 0.25) is 0 Å². The fraction of sp³-hybridized carbons (Fsp3) is 0.571. The maximum absolute atomic E-state index is 11.3. The molecule has 0 unspecified atom stereocenters. The standard InChI is InChI=1S/C42H56N24O6/c1-5-65-57-35(55-59-65)31-27(67)29(69)39(71-31)63-19-47-25-33(51-41(53-37(25)63)43-13-11-23-15-61(3)17-45-23)49-21-7-9-22(10-8-21)50-34-26-38(54-42(52-34)44-14-12-24-16-62(4)18-46-24)64(20-48-26)40-30(70)28(68)32(72-40)36-56-60-66(6-2)58-36/h15-22,27-32,39-40,67-70H,5-14H2,1-4H3,(H2,43,49,51,53)(H2,44,50,52,54)/t21-,22-,27-,28-,29+,30+,31-,32-,39+,40+/m0/s1. The van der Waals surface area contributed by atoms with Gasteiger partial charge in [0.15, 0.2) is 58.6 Å². The van der Waals surface area contributed by atoms with Crippen LogP contribution in [0.5, 0.6) is 0 Å². The number of hydrogen-bond acceptors (Lipinski definition) is 24. The van der Waals surface area contributed by atoms with Crippen molar-refractivity contribution in [3.8, 4) is 0 Å². The number of aliphatic hydroxyl groups excluding tert-OH is 4. The van der Waals surface area contributed by atoms with Crippen molar-refractivity contribution < 1.29 is 29.9 Å². The van der Waals surface area contributed by atoms with Crippen LogP contribution in [0.1, 0.15) is 87.2 Å². The van der Waals surface area contributed by atoms with Crippen molar-refractivity contribution in [1.29, 1.82) is 0 Å². The lowest BCUT2D eigenvalue weighted by Crippen LogP contribution is -2.33. The summed E-state index contributed by atoms with van der Waals surface area (Å²) in [6, 6.07) is -0.0247. The number of aryl methyl sites for hydroxylation is 4. The van der Waals surface area contributed by atoms with Crippen molar-refractivity contribution in [3.05, 3.63) is 60.7 Å². The molecule has 30 nitrogen and oxygen atoms in total. The third-order valence-electron chi connectivity index (χ3n) is 13.1. The van der Waals surface area contributed by atoms with E-state index in [2.05, 4.69) is 62.1 Å². The number of imidazole rings is 4. The molecule has 1 saturated carbocycles. The number of aliphatic hydroxyl groups is 4. The van der Waals surface area contributed by atoms with Crippen molar-refractivity contribution in [3.63, 3.8) is 0 Å². The lowest BCUT2D eigenvalue weighted by Gasteiger charge is -2.30. The maximum atomic E-state index is 11.3. The molecule has 2 saturated heterocycles. The Morgan fingerprint density at radius 3 is 1.38 bits per heavy atom.